The number of carboxylic acid groups (broad SMARTS) is 2. The maximum atomic E-state index is 11.2. The lowest BCUT2D eigenvalue weighted by Gasteiger charge is -2.19. The number of nitrogens with zero attached hydrogens (tertiary/aromatic N) is 2. The van der Waals surface area contributed by atoms with Gasteiger partial charge in [0.15, 0.2) is 0 Å². The van der Waals surface area contributed by atoms with Gasteiger partial charge in [0.1, 0.15) is 12.1 Å². The molecule has 0 saturated carbocycles. The fraction of sp³-hybridized carbons (Fsp3) is 0.714. The topological polar surface area (TPSA) is 156 Å². The molecule has 2 saturated heterocycles. The van der Waals surface area contributed by atoms with Gasteiger partial charge in [0.05, 0.1) is 21.1 Å². The van der Waals surface area contributed by atoms with Crippen LogP contribution in [0.25, 0.3) is 0 Å². The smallest absolute Gasteiger partial charge is 0.326 e. The van der Waals surface area contributed by atoms with Crippen LogP contribution in [0.2, 0.25) is 0 Å². The average Bonchev–Trinajstić information content (AvgIpc) is 3.17. The molecule has 4 N–H and O–H groups in total. The Hall–Kier alpha value is -0.740. The molecular weight excluding hydrogens is 578 g/mol. The lowest BCUT2D eigenvalue weighted by atomic mass is 10.2. The van der Waals surface area contributed by atoms with E-state index in [4.69, 9.17) is 10.2 Å². The maximum absolute atomic E-state index is 11.2. The van der Waals surface area contributed by atoms with Crippen LogP contribution in [0.3, 0.4) is 0 Å². The number of rotatable bonds is 4. The standard InChI is InChI=1S/2C7H10INO4/c2*8-2-6(11)9-3-4(10)1-5(9)7(12)13/h2*4-5,10H,1-3H2,(H,12,13)/t2*4-,5+/m00/s1. The number of hydrogen-bond acceptors (Lipinski definition) is 6. The van der Waals surface area contributed by atoms with Gasteiger partial charge in [0, 0.05) is 25.9 Å². The Morgan fingerprint density at radius 2 is 1.08 bits per heavy atom. The lowest BCUT2D eigenvalue weighted by molar-refractivity contribution is -0.147. The van der Waals surface area contributed by atoms with E-state index in [-0.39, 0.29) is 46.6 Å². The van der Waals surface area contributed by atoms with Crippen LogP contribution in [0, 0.1) is 0 Å². The van der Waals surface area contributed by atoms with E-state index >= 15 is 0 Å². The Morgan fingerprint density at radius 3 is 1.31 bits per heavy atom. The number of carboxylic acids is 2. The highest BCUT2D eigenvalue weighted by atomic mass is 127. The highest BCUT2D eigenvalue weighted by Crippen LogP contribution is 2.19. The molecule has 2 heterocycles. The van der Waals surface area contributed by atoms with E-state index in [9.17, 15) is 29.4 Å². The van der Waals surface area contributed by atoms with Gasteiger partial charge in [0.2, 0.25) is 11.8 Å². The van der Waals surface area contributed by atoms with Crippen molar-refractivity contribution in [2.45, 2.75) is 37.1 Å². The van der Waals surface area contributed by atoms with Crippen molar-refractivity contribution in [2.75, 3.05) is 21.9 Å². The first-order valence-corrected chi connectivity index (χ1v) is 10.7. The Balaban J connectivity index is 0.000000260. The molecular formula is C14H20I2N2O8. The van der Waals surface area contributed by atoms with E-state index in [1.807, 2.05) is 45.2 Å². The van der Waals surface area contributed by atoms with Gasteiger partial charge in [-0.25, -0.2) is 9.59 Å². The average molecular weight is 598 g/mol. The zero-order valence-corrected chi connectivity index (χ0v) is 17.9. The number of carbonyl (C=O) groups is 4. The summed E-state index contributed by atoms with van der Waals surface area (Å²) in [5.74, 6) is -2.56. The van der Waals surface area contributed by atoms with Crippen LogP contribution in [0.1, 0.15) is 12.8 Å². The molecule has 4 atom stereocenters. The number of likely N-dealkylation sites (tertiary alicyclic amines) is 2. The van der Waals surface area contributed by atoms with E-state index in [0.29, 0.717) is 0 Å². The minimum atomic E-state index is -1.05. The summed E-state index contributed by atoms with van der Waals surface area (Å²) in [6.07, 6.45) is -1.13. The third-order valence-electron chi connectivity index (χ3n) is 4.00. The molecule has 12 heteroatoms. The van der Waals surface area contributed by atoms with Crippen molar-refractivity contribution in [2.24, 2.45) is 0 Å². The first-order chi connectivity index (χ1) is 12.1. The van der Waals surface area contributed by atoms with Gasteiger partial charge in [-0.15, -0.1) is 0 Å². The van der Waals surface area contributed by atoms with Crippen molar-refractivity contribution < 1.29 is 39.6 Å². The maximum Gasteiger partial charge on any atom is 0.326 e. The number of halogens is 2. The number of alkyl halides is 2. The Bertz CT molecular complexity index is 513. The van der Waals surface area contributed by atoms with Crippen LogP contribution in [0.5, 0.6) is 0 Å². The summed E-state index contributed by atoms with van der Waals surface area (Å²) in [6.45, 7) is 0.275. The first-order valence-electron chi connectivity index (χ1n) is 7.64. The van der Waals surface area contributed by atoms with Crippen LogP contribution in [-0.4, -0.2) is 100 Å². The van der Waals surface area contributed by atoms with E-state index in [1.165, 1.54) is 9.80 Å². The van der Waals surface area contributed by atoms with Crippen molar-refractivity contribution in [1.82, 2.24) is 9.80 Å². The summed E-state index contributed by atoms with van der Waals surface area (Å²) < 4.78 is 0.489. The summed E-state index contributed by atoms with van der Waals surface area (Å²) in [5.41, 5.74) is 0. The summed E-state index contributed by atoms with van der Waals surface area (Å²) in [7, 11) is 0. The molecule has 2 amide bonds. The summed E-state index contributed by atoms with van der Waals surface area (Å²) >= 11 is 3.76. The molecule has 0 bridgehead atoms. The van der Waals surface area contributed by atoms with Crippen molar-refractivity contribution in [3.05, 3.63) is 0 Å². The third kappa shape index (κ3) is 6.16. The third-order valence-corrected chi connectivity index (χ3v) is 5.30. The Kier molecular flexibility index (Phi) is 9.46. The molecule has 0 unspecified atom stereocenters. The minimum Gasteiger partial charge on any atom is -0.480 e. The molecule has 2 aliphatic heterocycles. The summed E-state index contributed by atoms with van der Waals surface area (Å²) in [5, 5.41) is 35.9. The number of amides is 2. The van der Waals surface area contributed by atoms with Gasteiger partial charge in [-0.3, -0.25) is 9.59 Å². The van der Waals surface area contributed by atoms with Crippen LogP contribution in [0.4, 0.5) is 0 Å². The highest BCUT2D eigenvalue weighted by Gasteiger charge is 2.39. The Labute approximate surface area is 176 Å². The van der Waals surface area contributed by atoms with Gasteiger partial charge in [-0.2, -0.15) is 0 Å². The summed E-state index contributed by atoms with van der Waals surface area (Å²) in [6, 6.07) is -1.70. The zero-order valence-electron chi connectivity index (χ0n) is 13.6. The van der Waals surface area contributed by atoms with Gasteiger partial charge >= 0.3 is 11.9 Å². The van der Waals surface area contributed by atoms with Crippen molar-refractivity contribution >= 4 is 68.9 Å². The summed E-state index contributed by atoms with van der Waals surface area (Å²) in [4.78, 5) is 46.2. The highest BCUT2D eigenvalue weighted by molar-refractivity contribution is 14.1. The monoisotopic (exact) mass is 598 g/mol. The molecule has 2 aliphatic rings. The fourth-order valence-corrected chi connectivity index (χ4v) is 3.68. The molecule has 26 heavy (non-hydrogen) atoms. The van der Waals surface area contributed by atoms with Crippen LogP contribution >= 0.6 is 45.2 Å². The van der Waals surface area contributed by atoms with Crippen LogP contribution in [-0.2, 0) is 19.2 Å². The predicted molar refractivity (Wildman–Crippen MR) is 105 cm³/mol. The fourth-order valence-electron chi connectivity index (χ4n) is 2.80. The number of aliphatic hydroxyl groups excluding tert-OH is 2. The second-order valence-corrected chi connectivity index (χ2v) is 7.37. The number of β-amino-alcohol motifs (C(OH)–C–C–N with tert-alkyl or cyclic N) is 2. The molecule has 2 fully saturated rings. The van der Waals surface area contributed by atoms with E-state index in [0.717, 1.165) is 0 Å². The first kappa shape index (κ1) is 23.3. The Morgan fingerprint density at radius 1 is 0.769 bits per heavy atom. The molecule has 0 aliphatic carbocycles. The molecule has 0 aromatic carbocycles. The van der Waals surface area contributed by atoms with Gasteiger partial charge in [0.25, 0.3) is 0 Å². The number of hydrogen-bond donors (Lipinski definition) is 4. The molecule has 10 nitrogen and oxygen atoms in total. The normalized spacial score (nSPS) is 27.7. The van der Waals surface area contributed by atoms with E-state index in [1.54, 1.807) is 0 Å². The minimum absolute atomic E-state index is 0.137. The molecule has 0 aromatic heterocycles. The number of aliphatic carboxylic acids is 2. The molecule has 0 spiro atoms. The van der Waals surface area contributed by atoms with Crippen LogP contribution < -0.4 is 0 Å². The number of carbonyl (C=O) groups excluding carboxylic acids is 2. The molecule has 0 aromatic rings. The SMILES string of the molecule is O=C(O)[C@H]1C[C@H](O)CN1C(=O)CI.O=C(O)[C@H]1C[C@H](O)CN1C(=O)CI. The second kappa shape index (κ2) is 10.6. The van der Waals surface area contributed by atoms with Gasteiger partial charge in [-0.1, -0.05) is 45.2 Å². The molecule has 0 radical (unpaired) electrons. The second-order valence-electron chi connectivity index (χ2n) is 5.85. The quantitative estimate of drug-likeness (QED) is 0.236. The van der Waals surface area contributed by atoms with Gasteiger partial charge < -0.3 is 30.2 Å². The molecule has 2 rings (SSSR count). The molecule has 148 valence electrons. The number of aliphatic hydroxyl groups is 2. The van der Waals surface area contributed by atoms with E-state index in [2.05, 4.69) is 0 Å². The van der Waals surface area contributed by atoms with E-state index < -0.39 is 36.2 Å². The van der Waals surface area contributed by atoms with Crippen molar-refractivity contribution in [3.63, 3.8) is 0 Å². The van der Waals surface area contributed by atoms with Crippen molar-refractivity contribution in [1.29, 1.82) is 0 Å². The van der Waals surface area contributed by atoms with Crippen molar-refractivity contribution in [3.8, 4) is 0 Å². The predicted octanol–water partition coefficient (Wildman–Crippen LogP) is -1.06. The van der Waals surface area contributed by atoms with Gasteiger partial charge in [-0.05, 0) is 0 Å². The van der Waals surface area contributed by atoms with Crippen LogP contribution in [0.15, 0.2) is 0 Å². The lowest BCUT2D eigenvalue weighted by Crippen LogP contribution is -2.41. The zero-order chi connectivity index (χ0) is 20.0. The largest absolute Gasteiger partial charge is 0.480 e.